The first-order valence-electron chi connectivity index (χ1n) is 11.5. The Balaban J connectivity index is 1.82. The van der Waals surface area contributed by atoms with Crippen molar-refractivity contribution in [2.24, 2.45) is 5.29 Å². The number of anilines is 1. The SMILES string of the molecule is CCCCCCCCCCCCCCCCCCN(N=O)c1ccccc1. The second-order valence-electron chi connectivity index (χ2n) is 7.84. The molecular weight excluding hydrogens is 332 g/mol. The largest absolute Gasteiger partial charge is 0.229 e. The van der Waals surface area contributed by atoms with Gasteiger partial charge in [0.1, 0.15) is 0 Å². The lowest BCUT2D eigenvalue weighted by Crippen LogP contribution is -2.16. The van der Waals surface area contributed by atoms with Crippen LogP contribution in [0, 0.1) is 4.91 Å². The van der Waals surface area contributed by atoms with Crippen molar-refractivity contribution in [3.8, 4) is 0 Å². The first-order chi connectivity index (χ1) is 13.4. The zero-order valence-electron chi connectivity index (χ0n) is 17.7. The van der Waals surface area contributed by atoms with Gasteiger partial charge < -0.3 is 0 Å². The average Bonchev–Trinajstić information content (AvgIpc) is 2.71. The second-order valence-corrected chi connectivity index (χ2v) is 7.84. The highest BCUT2D eigenvalue weighted by Gasteiger charge is 2.04. The first-order valence-corrected chi connectivity index (χ1v) is 11.5. The normalized spacial score (nSPS) is 10.9. The molecule has 0 saturated heterocycles. The highest BCUT2D eigenvalue weighted by Crippen LogP contribution is 2.16. The fraction of sp³-hybridized carbons (Fsp3) is 0.750. The van der Waals surface area contributed by atoms with Crippen molar-refractivity contribution < 1.29 is 0 Å². The van der Waals surface area contributed by atoms with Crippen LogP contribution in [-0.2, 0) is 0 Å². The number of hydrogen-bond donors (Lipinski definition) is 0. The van der Waals surface area contributed by atoms with Crippen LogP contribution in [0.5, 0.6) is 0 Å². The van der Waals surface area contributed by atoms with Gasteiger partial charge in [-0.05, 0) is 18.6 Å². The third-order valence-electron chi connectivity index (χ3n) is 5.38. The van der Waals surface area contributed by atoms with E-state index in [1.54, 1.807) is 5.01 Å². The molecule has 0 spiro atoms. The van der Waals surface area contributed by atoms with Gasteiger partial charge in [0.05, 0.1) is 11.0 Å². The summed E-state index contributed by atoms with van der Waals surface area (Å²) in [4.78, 5) is 11.0. The van der Waals surface area contributed by atoms with Crippen LogP contribution in [-0.4, -0.2) is 6.54 Å². The average molecular weight is 375 g/mol. The number of benzene rings is 1. The Labute approximate surface area is 167 Å². The highest BCUT2D eigenvalue weighted by atomic mass is 16.3. The molecule has 0 aromatic heterocycles. The Morgan fingerprint density at radius 1 is 0.630 bits per heavy atom. The minimum absolute atomic E-state index is 0.728. The zero-order valence-corrected chi connectivity index (χ0v) is 17.7. The lowest BCUT2D eigenvalue weighted by atomic mass is 10.0. The fourth-order valence-corrected chi connectivity index (χ4v) is 3.63. The zero-order chi connectivity index (χ0) is 19.4. The van der Waals surface area contributed by atoms with E-state index in [2.05, 4.69) is 12.2 Å². The molecule has 0 unspecified atom stereocenters. The van der Waals surface area contributed by atoms with Crippen molar-refractivity contribution in [1.82, 2.24) is 0 Å². The van der Waals surface area contributed by atoms with Gasteiger partial charge in [-0.25, -0.2) is 5.01 Å². The number of nitroso groups, excluding NO2 is 1. The van der Waals surface area contributed by atoms with E-state index in [9.17, 15) is 4.91 Å². The third-order valence-corrected chi connectivity index (χ3v) is 5.38. The molecule has 0 fully saturated rings. The van der Waals surface area contributed by atoms with Gasteiger partial charge in [-0.2, -0.15) is 0 Å². The van der Waals surface area contributed by atoms with Gasteiger partial charge in [-0.1, -0.05) is 121 Å². The molecule has 0 aliphatic carbocycles. The molecule has 0 radical (unpaired) electrons. The predicted molar refractivity (Wildman–Crippen MR) is 119 cm³/mol. The summed E-state index contributed by atoms with van der Waals surface area (Å²) in [6.07, 6.45) is 21.8. The van der Waals surface area contributed by atoms with E-state index >= 15 is 0 Å². The third kappa shape index (κ3) is 13.4. The molecule has 1 aromatic carbocycles. The topological polar surface area (TPSA) is 32.7 Å². The summed E-state index contributed by atoms with van der Waals surface area (Å²) in [6.45, 7) is 3.01. The summed E-state index contributed by atoms with van der Waals surface area (Å²) in [7, 11) is 0. The maximum atomic E-state index is 11.0. The number of rotatable bonds is 19. The molecule has 27 heavy (non-hydrogen) atoms. The minimum Gasteiger partial charge on any atom is -0.229 e. The lowest BCUT2D eigenvalue weighted by molar-refractivity contribution is 0.529. The molecule has 1 rings (SSSR count). The van der Waals surface area contributed by atoms with Crippen molar-refractivity contribution in [2.45, 2.75) is 110 Å². The van der Waals surface area contributed by atoms with Crippen molar-refractivity contribution >= 4 is 5.69 Å². The summed E-state index contributed by atoms with van der Waals surface area (Å²) in [6, 6.07) is 9.73. The van der Waals surface area contributed by atoms with Crippen LogP contribution in [0.15, 0.2) is 35.6 Å². The van der Waals surface area contributed by atoms with Crippen LogP contribution in [0.2, 0.25) is 0 Å². The summed E-state index contributed by atoms with van der Waals surface area (Å²) in [5.74, 6) is 0. The van der Waals surface area contributed by atoms with E-state index in [1.807, 2.05) is 30.3 Å². The Kier molecular flexibility index (Phi) is 15.8. The van der Waals surface area contributed by atoms with Crippen LogP contribution in [0.25, 0.3) is 0 Å². The van der Waals surface area contributed by atoms with Gasteiger partial charge in [0.2, 0.25) is 0 Å². The maximum Gasteiger partial charge on any atom is 0.0626 e. The monoisotopic (exact) mass is 374 g/mol. The number of hydrogen-bond acceptors (Lipinski definition) is 2. The summed E-state index contributed by atoms with van der Waals surface area (Å²) in [5, 5.41) is 4.72. The quantitative estimate of drug-likeness (QED) is 0.138. The van der Waals surface area contributed by atoms with Crippen molar-refractivity contribution in [2.75, 3.05) is 11.6 Å². The molecule has 0 aliphatic heterocycles. The molecule has 1 aromatic rings. The molecule has 0 aliphatic rings. The Bertz CT molecular complexity index is 435. The molecule has 0 saturated carbocycles. The van der Waals surface area contributed by atoms with Crippen LogP contribution in [0.4, 0.5) is 5.69 Å². The fourth-order valence-electron chi connectivity index (χ4n) is 3.63. The molecule has 3 heteroatoms. The molecule has 154 valence electrons. The maximum absolute atomic E-state index is 11.0. The van der Waals surface area contributed by atoms with Crippen LogP contribution in [0.1, 0.15) is 110 Å². The van der Waals surface area contributed by atoms with Gasteiger partial charge in [0.25, 0.3) is 0 Å². The van der Waals surface area contributed by atoms with Gasteiger partial charge in [-0.3, -0.25) is 0 Å². The molecule has 0 heterocycles. The number of nitrogens with zero attached hydrogens (tertiary/aromatic N) is 2. The lowest BCUT2D eigenvalue weighted by Gasteiger charge is -2.14. The van der Waals surface area contributed by atoms with Gasteiger partial charge >= 0.3 is 0 Å². The van der Waals surface area contributed by atoms with Crippen molar-refractivity contribution in [3.05, 3.63) is 35.2 Å². The van der Waals surface area contributed by atoms with Gasteiger partial charge in [-0.15, -0.1) is 4.91 Å². The van der Waals surface area contributed by atoms with Gasteiger partial charge in [0, 0.05) is 6.54 Å². The standard InChI is InChI=1S/C24H42N2O/c1-2-3-4-5-6-7-8-9-10-11-12-13-14-15-16-20-23-26(25-27)24-21-18-17-19-22-24/h17-19,21-22H,2-16,20,23H2,1H3. The molecule has 3 nitrogen and oxygen atoms in total. The second kappa shape index (κ2) is 18.0. The number of unbranched alkanes of at least 4 members (excludes halogenated alkanes) is 15. The Hall–Kier alpha value is -1.38. The van der Waals surface area contributed by atoms with E-state index < -0.39 is 0 Å². The number of para-hydroxylation sites is 1. The minimum atomic E-state index is 0.728. The van der Waals surface area contributed by atoms with E-state index in [0.29, 0.717) is 0 Å². The van der Waals surface area contributed by atoms with E-state index in [4.69, 9.17) is 0 Å². The van der Waals surface area contributed by atoms with Crippen molar-refractivity contribution in [1.29, 1.82) is 0 Å². The van der Waals surface area contributed by atoms with Crippen LogP contribution in [0.3, 0.4) is 0 Å². The highest BCUT2D eigenvalue weighted by molar-refractivity contribution is 5.44. The predicted octanol–water partition coefficient (Wildman–Crippen LogP) is 8.44. The smallest absolute Gasteiger partial charge is 0.0626 e. The molecule has 0 bridgehead atoms. The Morgan fingerprint density at radius 2 is 1.04 bits per heavy atom. The molecular formula is C24H42N2O. The van der Waals surface area contributed by atoms with Crippen LogP contribution < -0.4 is 5.01 Å². The summed E-state index contributed by atoms with van der Waals surface area (Å²) in [5.41, 5.74) is 0.897. The summed E-state index contributed by atoms with van der Waals surface area (Å²) >= 11 is 0. The van der Waals surface area contributed by atoms with E-state index in [0.717, 1.165) is 18.7 Å². The van der Waals surface area contributed by atoms with Crippen LogP contribution >= 0.6 is 0 Å². The molecule has 0 N–H and O–H groups in total. The molecule has 0 amide bonds. The first kappa shape index (κ1) is 23.7. The molecule has 0 atom stereocenters. The van der Waals surface area contributed by atoms with Crippen molar-refractivity contribution in [3.63, 3.8) is 0 Å². The van der Waals surface area contributed by atoms with Gasteiger partial charge in [0.15, 0.2) is 0 Å². The van der Waals surface area contributed by atoms with E-state index in [-0.39, 0.29) is 0 Å². The Morgan fingerprint density at radius 3 is 1.44 bits per heavy atom. The summed E-state index contributed by atoms with van der Waals surface area (Å²) < 4.78 is 0. The van der Waals surface area contributed by atoms with E-state index in [1.165, 1.54) is 96.3 Å².